The molecule has 0 fully saturated rings. The van der Waals surface area contributed by atoms with Gasteiger partial charge in [0.15, 0.2) is 0 Å². The van der Waals surface area contributed by atoms with Gasteiger partial charge in [0.05, 0.1) is 24.2 Å². The highest BCUT2D eigenvalue weighted by Gasteiger charge is 2.24. The van der Waals surface area contributed by atoms with E-state index in [1.54, 1.807) is 0 Å². The lowest BCUT2D eigenvalue weighted by molar-refractivity contribution is -0.118. The summed E-state index contributed by atoms with van der Waals surface area (Å²) in [5, 5.41) is 3.17. The fourth-order valence-corrected chi connectivity index (χ4v) is 3.32. The molecule has 132 valence electrons. The predicted molar refractivity (Wildman–Crippen MR) is 101 cm³/mol. The van der Waals surface area contributed by atoms with Crippen LogP contribution in [0.25, 0.3) is 11.0 Å². The standard InChI is InChI=1S/C21H21N3O2/c1-24-18-10-6-5-9-17(18)22-20(24)19(15-7-3-2-4-8-15)23-21(25)16-11-13-26-14-12-16/h2-11,19H,12-14H2,1H3,(H,23,25). The number of ether oxygens (including phenoxy) is 1. The van der Waals surface area contributed by atoms with Crippen molar-refractivity contribution in [1.82, 2.24) is 14.9 Å². The van der Waals surface area contributed by atoms with Crippen LogP contribution >= 0.6 is 0 Å². The van der Waals surface area contributed by atoms with Gasteiger partial charge >= 0.3 is 0 Å². The number of carbonyl (C=O) groups excluding carboxylic acids is 1. The summed E-state index contributed by atoms with van der Waals surface area (Å²) in [6.07, 6.45) is 2.49. The van der Waals surface area contributed by atoms with Crippen LogP contribution < -0.4 is 5.32 Å². The molecule has 4 rings (SSSR count). The van der Waals surface area contributed by atoms with Crippen molar-refractivity contribution >= 4 is 16.9 Å². The molecule has 0 spiro atoms. The van der Waals surface area contributed by atoms with E-state index in [9.17, 15) is 4.79 Å². The lowest BCUT2D eigenvalue weighted by Gasteiger charge is -2.21. The Morgan fingerprint density at radius 3 is 2.65 bits per heavy atom. The normalized spacial score (nSPS) is 15.5. The summed E-state index contributed by atoms with van der Waals surface area (Å²) in [4.78, 5) is 17.6. The van der Waals surface area contributed by atoms with Crippen LogP contribution in [0.3, 0.4) is 0 Å². The topological polar surface area (TPSA) is 56.2 Å². The molecule has 1 amide bonds. The maximum absolute atomic E-state index is 12.8. The zero-order valence-electron chi connectivity index (χ0n) is 14.7. The van der Waals surface area contributed by atoms with Gasteiger partial charge in [-0.2, -0.15) is 0 Å². The summed E-state index contributed by atoms with van der Waals surface area (Å²) in [7, 11) is 1.99. The maximum atomic E-state index is 12.8. The second-order valence-corrected chi connectivity index (χ2v) is 6.39. The molecule has 26 heavy (non-hydrogen) atoms. The molecule has 1 unspecified atom stereocenters. The molecular weight excluding hydrogens is 326 g/mol. The van der Waals surface area contributed by atoms with E-state index >= 15 is 0 Å². The molecule has 1 aliphatic heterocycles. The molecule has 0 saturated carbocycles. The monoisotopic (exact) mass is 347 g/mol. The quantitative estimate of drug-likeness (QED) is 0.789. The van der Waals surface area contributed by atoms with Gasteiger partial charge in [0, 0.05) is 19.0 Å². The van der Waals surface area contributed by atoms with Crippen LogP contribution in [0.2, 0.25) is 0 Å². The second-order valence-electron chi connectivity index (χ2n) is 6.39. The number of hydrogen-bond donors (Lipinski definition) is 1. The summed E-state index contributed by atoms with van der Waals surface area (Å²) < 4.78 is 7.36. The Labute approximate surface area is 152 Å². The number of para-hydroxylation sites is 2. The molecule has 0 radical (unpaired) electrons. The molecule has 0 aliphatic carbocycles. The number of fused-ring (bicyclic) bond motifs is 1. The number of aryl methyl sites for hydroxylation is 1. The largest absolute Gasteiger partial charge is 0.377 e. The molecular formula is C21H21N3O2. The number of hydrogen-bond acceptors (Lipinski definition) is 3. The van der Waals surface area contributed by atoms with Crippen molar-refractivity contribution in [1.29, 1.82) is 0 Å². The molecule has 1 atom stereocenters. The highest BCUT2D eigenvalue weighted by molar-refractivity contribution is 5.94. The van der Waals surface area contributed by atoms with Crippen molar-refractivity contribution < 1.29 is 9.53 Å². The van der Waals surface area contributed by atoms with Crippen molar-refractivity contribution in [2.24, 2.45) is 7.05 Å². The Hall–Kier alpha value is -2.92. The summed E-state index contributed by atoms with van der Waals surface area (Å²) in [5.74, 6) is 0.757. The van der Waals surface area contributed by atoms with Crippen molar-refractivity contribution in [3.8, 4) is 0 Å². The number of benzene rings is 2. The molecule has 1 N–H and O–H groups in total. The van der Waals surface area contributed by atoms with Gasteiger partial charge in [-0.15, -0.1) is 0 Å². The first kappa shape index (κ1) is 16.5. The zero-order valence-corrected chi connectivity index (χ0v) is 14.7. The van der Waals surface area contributed by atoms with E-state index in [0.717, 1.165) is 28.0 Å². The van der Waals surface area contributed by atoms with Crippen LogP contribution in [-0.4, -0.2) is 28.7 Å². The van der Waals surface area contributed by atoms with Gasteiger partial charge in [0.25, 0.3) is 0 Å². The number of imidazole rings is 1. The fourth-order valence-electron chi connectivity index (χ4n) is 3.32. The number of rotatable bonds is 4. The Morgan fingerprint density at radius 1 is 1.15 bits per heavy atom. The Morgan fingerprint density at radius 2 is 1.92 bits per heavy atom. The Kier molecular flexibility index (Phi) is 4.54. The third-order valence-corrected chi connectivity index (χ3v) is 4.74. The van der Waals surface area contributed by atoms with Crippen molar-refractivity contribution in [3.63, 3.8) is 0 Å². The van der Waals surface area contributed by atoms with Gasteiger partial charge < -0.3 is 14.6 Å². The van der Waals surface area contributed by atoms with Crippen LogP contribution in [0.1, 0.15) is 23.9 Å². The Balaban J connectivity index is 1.74. The Bertz CT molecular complexity index is 960. The van der Waals surface area contributed by atoms with E-state index in [2.05, 4.69) is 5.32 Å². The molecule has 0 saturated heterocycles. The molecule has 2 aromatic carbocycles. The summed E-state index contributed by atoms with van der Waals surface area (Å²) in [6.45, 7) is 1.08. The number of aromatic nitrogens is 2. The fraction of sp³-hybridized carbons (Fsp3) is 0.238. The van der Waals surface area contributed by atoms with Gasteiger partial charge in [0.2, 0.25) is 5.91 Å². The van der Waals surface area contributed by atoms with Crippen LogP contribution in [0, 0.1) is 0 Å². The summed E-state index contributed by atoms with van der Waals surface area (Å²) in [5.41, 5.74) is 3.75. The van der Waals surface area contributed by atoms with E-state index in [0.29, 0.717) is 19.6 Å². The van der Waals surface area contributed by atoms with E-state index in [1.807, 2.05) is 72.3 Å². The molecule has 1 aromatic heterocycles. The molecule has 0 bridgehead atoms. The number of amides is 1. The van der Waals surface area contributed by atoms with Gasteiger partial charge in [-0.25, -0.2) is 4.98 Å². The average molecular weight is 347 g/mol. The zero-order chi connectivity index (χ0) is 17.9. The van der Waals surface area contributed by atoms with Crippen LogP contribution in [0.15, 0.2) is 66.2 Å². The highest BCUT2D eigenvalue weighted by Crippen LogP contribution is 2.25. The second kappa shape index (κ2) is 7.14. The van der Waals surface area contributed by atoms with E-state index in [4.69, 9.17) is 9.72 Å². The SMILES string of the molecule is Cn1c(C(NC(=O)C2=CCOCC2)c2ccccc2)nc2ccccc21. The first-order chi connectivity index (χ1) is 12.7. The van der Waals surface area contributed by atoms with Crippen LogP contribution in [0.5, 0.6) is 0 Å². The van der Waals surface area contributed by atoms with E-state index < -0.39 is 0 Å². The minimum Gasteiger partial charge on any atom is -0.377 e. The van der Waals surface area contributed by atoms with E-state index in [1.165, 1.54) is 0 Å². The predicted octanol–water partition coefficient (Wildman–Crippen LogP) is 3.13. The van der Waals surface area contributed by atoms with Crippen molar-refractivity contribution in [3.05, 3.63) is 77.6 Å². The summed E-state index contributed by atoms with van der Waals surface area (Å²) >= 11 is 0. The molecule has 2 heterocycles. The molecule has 5 heteroatoms. The third kappa shape index (κ3) is 3.13. The van der Waals surface area contributed by atoms with Gasteiger partial charge in [-0.05, 0) is 17.7 Å². The lowest BCUT2D eigenvalue weighted by atomic mass is 10.0. The maximum Gasteiger partial charge on any atom is 0.247 e. The van der Waals surface area contributed by atoms with Gasteiger partial charge in [0.1, 0.15) is 11.9 Å². The summed E-state index contributed by atoms with van der Waals surface area (Å²) in [6, 6.07) is 17.6. The first-order valence-electron chi connectivity index (χ1n) is 8.78. The number of nitrogens with one attached hydrogen (secondary N) is 1. The number of carbonyl (C=O) groups is 1. The van der Waals surface area contributed by atoms with Crippen LogP contribution in [-0.2, 0) is 16.6 Å². The highest BCUT2D eigenvalue weighted by atomic mass is 16.5. The first-order valence-corrected chi connectivity index (χ1v) is 8.78. The van der Waals surface area contributed by atoms with Gasteiger partial charge in [-0.3, -0.25) is 4.79 Å². The average Bonchev–Trinajstić information content (AvgIpc) is 3.04. The van der Waals surface area contributed by atoms with Crippen molar-refractivity contribution in [2.45, 2.75) is 12.5 Å². The lowest BCUT2D eigenvalue weighted by Crippen LogP contribution is -2.33. The molecule has 1 aliphatic rings. The minimum atomic E-state index is -0.315. The van der Waals surface area contributed by atoms with Crippen molar-refractivity contribution in [2.75, 3.05) is 13.2 Å². The molecule has 5 nitrogen and oxygen atoms in total. The van der Waals surface area contributed by atoms with Crippen LogP contribution in [0.4, 0.5) is 0 Å². The third-order valence-electron chi connectivity index (χ3n) is 4.74. The minimum absolute atomic E-state index is 0.0609. The smallest absolute Gasteiger partial charge is 0.247 e. The number of nitrogens with zero attached hydrogens (tertiary/aromatic N) is 2. The molecule has 3 aromatic rings. The van der Waals surface area contributed by atoms with E-state index in [-0.39, 0.29) is 11.9 Å². The van der Waals surface area contributed by atoms with Gasteiger partial charge in [-0.1, -0.05) is 48.5 Å².